The summed E-state index contributed by atoms with van der Waals surface area (Å²) in [7, 11) is 0. The highest BCUT2D eigenvalue weighted by Crippen LogP contribution is 2.28. The number of nitrogens with zero attached hydrogens (tertiary/aromatic N) is 1. The Morgan fingerprint density at radius 2 is 2.06 bits per heavy atom. The molecule has 1 aliphatic carbocycles. The van der Waals surface area contributed by atoms with Gasteiger partial charge in [-0.15, -0.1) is 0 Å². The topological polar surface area (TPSA) is 52.6 Å². The lowest BCUT2D eigenvalue weighted by Crippen LogP contribution is -2.53. The number of carbonyl (C=O) groups is 1. The maximum atomic E-state index is 11.3. The minimum absolute atomic E-state index is 0.186. The van der Waals surface area contributed by atoms with Gasteiger partial charge in [0.25, 0.3) is 0 Å². The average Bonchev–Trinajstić information content (AvgIpc) is 2.89. The molecule has 0 amide bonds. The maximum absolute atomic E-state index is 11.3. The fourth-order valence-electron chi connectivity index (χ4n) is 3.38. The minimum Gasteiger partial charge on any atom is -0.481 e. The van der Waals surface area contributed by atoms with Gasteiger partial charge >= 0.3 is 5.97 Å². The summed E-state index contributed by atoms with van der Waals surface area (Å²) in [5.41, 5.74) is 0. The molecule has 2 fully saturated rings. The summed E-state index contributed by atoms with van der Waals surface area (Å²) in [5, 5.41) is 12.8. The van der Waals surface area contributed by atoms with Crippen molar-refractivity contribution in [1.82, 2.24) is 10.2 Å². The summed E-state index contributed by atoms with van der Waals surface area (Å²) < 4.78 is 0. The number of carboxylic acid groups (broad SMARTS) is 1. The van der Waals surface area contributed by atoms with E-state index < -0.39 is 5.97 Å². The zero-order valence-corrected chi connectivity index (χ0v) is 11.4. The van der Waals surface area contributed by atoms with Crippen LogP contribution in [0.1, 0.15) is 45.4 Å². The van der Waals surface area contributed by atoms with Gasteiger partial charge in [-0.05, 0) is 32.2 Å². The van der Waals surface area contributed by atoms with Gasteiger partial charge in [-0.25, -0.2) is 0 Å². The van der Waals surface area contributed by atoms with Crippen LogP contribution < -0.4 is 5.32 Å². The zero-order valence-electron chi connectivity index (χ0n) is 11.4. The molecule has 2 N–H and O–H groups in total. The lowest BCUT2D eigenvalue weighted by Gasteiger charge is -2.40. The molecule has 4 heteroatoms. The van der Waals surface area contributed by atoms with Gasteiger partial charge in [-0.3, -0.25) is 9.69 Å². The van der Waals surface area contributed by atoms with Gasteiger partial charge < -0.3 is 10.4 Å². The number of rotatable bonds is 5. The maximum Gasteiger partial charge on any atom is 0.307 e. The molecule has 1 heterocycles. The van der Waals surface area contributed by atoms with Crippen molar-refractivity contribution in [2.24, 2.45) is 5.92 Å². The molecular formula is C14H26N2O2. The van der Waals surface area contributed by atoms with E-state index >= 15 is 0 Å². The molecule has 1 aliphatic heterocycles. The third-order valence-corrected chi connectivity index (χ3v) is 4.35. The van der Waals surface area contributed by atoms with E-state index in [9.17, 15) is 9.90 Å². The minimum atomic E-state index is -0.624. The van der Waals surface area contributed by atoms with E-state index in [1.165, 1.54) is 25.7 Å². The summed E-state index contributed by atoms with van der Waals surface area (Å²) in [4.78, 5) is 13.7. The van der Waals surface area contributed by atoms with Gasteiger partial charge in [0.15, 0.2) is 0 Å². The first-order valence-corrected chi connectivity index (χ1v) is 7.41. The largest absolute Gasteiger partial charge is 0.481 e. The molecule has 0 aromatic carbocycles. The van der Waals surface area contributed by atoms with Crippen molar-refractivity contribution >= 4 is 5.97 Å². The Kier molecular flexibility index (Phi) is 5.01. The second-order valence-electron chi connectivity index (χ2n) is 5.81. The van der Waals surface area contributed by atoms with Crippen LogP contribution in [0.2, 0.25) is 0 Å². The van der Waals surface area contributed by atoms with Gasteiger partial charge in [0.05, 0.1) is 5.92 Å². The Hall–Kier alpha value is -0.610. The molecule has 18 heavy (non-hydrogen) atoms. The molecule has 104 valence electrons. The van der Waals surface area contributed by atoms with E-state index in [1.807, 2.05) is 0 Å². The van der Waals surface area contributed by atoms with Crippen LogP contribution in [0.15, 0.2) is 0 Å². The second-order valence-corrected chi connectivity index (χ2v) is 5.81. The van der Waals surface area contributed by atoms with Crippen LogP contribution in [0, 0.1) is 5.92 Å². The summed E-state index contributed by atoms with van der Waals surface area (Å²) in [6, 6.07) is 0.999. The van der Waals surface area contributed by atoms with Gasteiger partial charge in [-0.2, -0.15) is 0 Å². The highest BCUT2D eigenvalue weighted by Gasteiger charge is 2.35. The van der Waals surface area contributed by atoms with Gasteiger partial charge in [0, 0.05) is 25.2 Å². The molecule has 2 aliphatic rings. The van der Waals surface area contributed by atoms with Crippen molar-refractivity contribution in [2.45, 2.75) is 57.5 Å². The predicted octanol–water partition coefficient (Wildman–Crippen LogP) is 1.70. The van der Waals surface area contributed by atoms with Crippen molar-refractivity contribution < 1.29 is 9.90 Å². The van der Waals surface area contributed by atoms with E-state index in [1.54, 1.807) is 0 Å². The first-order chi connectivity index (χ1) is 8.70. The molecular weight excluding hydrogens is 228 g/mol. The standard InChI is InChI=1S/C14H26N2O2/c1-2-7-15-12-8-11(14(17)18)9-16(10-12)13-5-3-4-6-13/h11-13,15H,2-10H2,1H3,(H,17,18). The Morgan fingerprint density at radius 1 is 1.33 bits per heavy atom. The average molecular weight is 254 g/mol. The van der Waals surface area contributed by atoms with E-state index in [0.717, 1.165) is 32.5 Å². The van der Waals surface area contributed by atoms with Crippen molar-refractivity contribution in [2.75, 3.05) is 19.6 Å². The number of carboxylic acids is 1. The van der Waals surface area contributed by atoms with E-state index in [-0.39, 0.29) is 5.92 Å². The van der Waals surface area contributed by atoms with Crippen LogP contribution in [0.5, 0.6) is 0 Å². The SMILES string of the molecule is CCCNC1CC(C(=O)O)CN(C2CCCC2)C1. The molecule has 4 nitrogen and oxygen atoms in total. The molecule has 0 aromatic heterocycles. The monoisotopic (exact) mass is 254 g/mol. The van der Waals surface area contributed by atoms with E-state index in [4.69, 9.17) is 0 Å². The molecule has 2 rings (SSSR count). The lowest BCUT2D eigenvalue weighted by atomic mass is 9.92. The van der Waals surface area contributed by atoms with E-state index in [0.29, 0.717) is 12.1 Å². The van der Waals surface area contributed by atoms with Crippen LogP contribution in [0.25, 0.3) is 0 Å². The quantitative estimate of drug-likeness (QED) is 0.784. The molecule has 1 saturated heterocycles. The summed E-state index contributed by atoms with van der Waals surface area (Å²) in [6.07, 6.45) is 7.04. The van der Waals surface area contributed by atoms with Gasteiger partial charge in [0.2, 0.25) is 0 Å². The normalized spacial score (nSPS) is 30.7. The fraction of sp³-hybridized carbons (Fsp3) is 0.929. The second kappa shape index (κ2) is 6.53. The van der Waals surface area contributed by atoms with Crippen molar-refractivity contribution in [3.63, 3.8) is 0 Å². The fourth-order valence-corrected chi connectivity index (χ4v) is 3.38. The molecule has 0 radical (unpaired) electrons. The summed E-state index contributed by atoms with van der Waals surface area (Å²) in [6.45, 7) is 4.94. The predicted molar refractivity (Wildman–Crippen MR) is 71.7 cm³/mol. The van der Waals surface area contributed by atoms with Crippen molar-refractivity contribution in [3.8, 4) is 0 Å². The Morgan fingerprint density at radius 3 is 2.67 bits per heavy atom. The van der Waals surface area contributed by atoms with Crippen LogP contribution in [0.3, 0.4) is 0 Å². The van der Waals surface area contributed by atoms with Crippen molar-refractivity contribution in [1.29, 1.82) is 0 Å². The third-order valence-electron chi connectivity index (χ3n) is 4.35. The molecule has 2 unspecified atom stereocenters. The van der Waals surface area contributed by atoms with Crippen LogP contribution >= 0.6 is 0 Å². The highest BCUT2D eigenvalue weighted by molar-refractivity contribution is 5.70. The van der Waals surface area contributed by atoms with Crippen LogP contribution in [-0.4, -0.2) is 47.7 Å². The third kappa shape index (κ3) is 3.45. The Balaban J connectivity index is 1.94. The smallest absolute Gasteiger partial charge is 0.307 e. The molecule has 0 aromatic rings. The Bertz CT molecular complexity index is 277. The molecule has 1 saturated carbocycles. The van der Waals surface area contributed by atoms with Gasteiger partial charge in [0.1, 0.15) is 0 Å². The number of piperidine rings is 1. The summed E-state index contributed by atoms with van der Waals surface area (Å²) >= 11 is 0. The van der Waals surface area contributed by atoms with Crippen LogP contribution in [-0.2, 0) is 4.79 Å². The lowest BCUT2D eigenvalue weighted by molar-refractivity contribution is -0.144. The number of nitrogens with one attached hydrogen (secondary N) is 1. The highest BCUT2D eigenvalue weighted by atomic mass is 16.4. The number of hydrogen-bond donors (Lipinski definition) is 2. The first kappa shape index (κ1) is 13.8. The molecule has 0 bridgehead atoms. The zero-order chi connectivity index (χ0) is 13.0. The number of likely N-dealkylation sites (tertiary alicyclic amines) is 1. The van der Waals surface area contributed by atoms with Crippen molar-refractivity contribution in [3.05, 3.63) is 0 Å². The first-order valence-electron chi connectivity index (χ1n) is 7.41. The molecule has 2 atom stereocenters. The van der Waals surface area contributed by atoms with Gasteiger partial charge in [-0.1, -0.05) is 19.8 Å². The number of aliphatic carboxylic acids is 1. The molecule has 0 spiro atoms. The Labute approximate surface area is 110 Å². The summed E-state index contributed by atoms with van der Waals surface area (Å²) in [5.74, 6) is -0.810. The van der Waals surface area contributed by atoms with Crippen LogP contribution in [0.4, 0.5) is 0 Å². The number of hydrogen-bond acceptors (Lipinski definition) is 3. The van der Waals surface area contributed by atoms with E-state index in [2.05, 4.69) is 17.1 Å².